The molecule has 0 bridgehead atoms. The van der Waals surface area contributed by atoms with Gasteiger partial charge in [-0.1, -0.05) is 39.3 Å². The first-order valence-electron chi connectivity index (χ1n) is 12.4. The number of hydrogen-bond acceptors (Lipinski definition) is 6. The molecule has 0 amide bonds. The summed E-state index contributed by atoms with van der Waals surface area (Å²) in [5, 5.41) is 23.2. The number of benzene rings is 2. The molecule has 2 N–H and O–H groups in total. The Morgan fingerprint density at radius 3 is 2.44 bits per heavy atom. The number of likely N-dealkylation sites (tertiary alicyclic amines) is 1. The van der Waals surface area contributed by atoms with Gasteiger partial charge in [0.1, 0.15) is 11.5 Å². The minimum absolute atomic E-state index is 0.131. The third-order valence-electron chi connectivity index (χ3n) is 6.52. The first-order valence-corrected chi connectivity index (χ1v) is 12.4. The highest BCUT2D eigenvalue weighted by Crippen LogP contribution is 2.38. The number of piperidine rings is 1. The van der Waals surface area contributed by atoms with Gasteiger partial charge in [-0.3, -0.25) is 9.47 Å². The molecule has 0 spiro atoms. The molecule has 1 aliphatic rings. The molecule has 0 atom stereocenters. The van der Waals surface area contributed by atoms with Crippen molar-refractivity contribution in [2.75, 3.05) is 26.7 Å². The number of phenols is 1. The molecule has 2 aromatic carbocycles. The SMILES string of the molecule is CCNCc1nnc(-c2cc(C(C)C)c(OC)cc2O)n1-c1ccc(CN2CCCCC2)cc1. The maximum absolute atomic E-state index is 10.9. The molecular formula is C27H37N5O2. The van der Waals surface area contributed by atoms with Crippen molar-refractivity contribution in [3.8, 4) is 28.6 Å². The summed E-state index contributed by atoms with van der Waals surface area (Å²) in [4.78, 5) is 2.53. The number of nitrogens with one attached hydrogen (secondary N) is 1. The second-order valence-corrected chi connectivity index (χ2v) is 9.32. The van der Waals surface area contributed by atoms with Crippen LogP contribution in [0.4, 0.5) is 0 Å². The minimum atomic E-state index is 0.131. The van der Waals surface area contributed by atoms with Gasteiger partial charge in [-0.2, -0.15) is 0 Å². The summed E-state index contributed by atoms with van der Waals surface area (Å²) in [6.07, 6.45) is 3.93. The monoisotopic (exact) mass is 463 g/mol. The first kappa shape index (κ1) is 24.2. The van der Waals surface area contributed by atoms with Crippen LogP contribution in [-0.4, -0.2) is 51.5 Å². The van der Waals surface area contributed by atoms with Gasteiger partial charge in [-0.25, -0.2) is 0 Å². The lowest BCUT2D eigenvalue weighted by Crippen LogP contribution is -2.29. The molecule has 182 valence electrons. The van der Waals surface area contributed by atoms with E-state index in [1.165, 1.54) is 37.9 Å². The fourth-order valence-corrected chi connectivity index (χ4v) is 4.63. The Hall–Kier alpha value is -2.90. The van der Waals surface area contributed by atoms with Gasteiger partial charge in [0.25, 0.3) is 0 Å². The highest BCUT2D eigenvalue weighted by Gasteiger charge is 2.21. The Morgan fingerprint density at radius 1 is 1.06 bits per heavy atom. The fourth-order valence-electron chi connectivity index (χ4n) is 4.63. The number of nitrogens with zero attached hydrogens (tertiary/aromatic N) is 4. The molecule has 4 rings (SSSR count). The summed E-state index contributed by atoms with van der Waals surface area (Å²) >= 11 is 0. The van der Waals surface area contributed by atoms with Crippen LogP contribution >= 0.6 is 0 Å². The molecule has 2 heterocycles. The van der Waals surface area contributed by atoms with Crippen LogP contribution in [0, 0.1) is 0 Å². The van der Waals surface area contributed by atoms with Gasteiger partial charge in [-0.05, 0) is 67.7 Å². The van der Waals surface area contributed by atoms with Crippen LogP contribution in [0.2, 0.25) is 0 Å². The Bertz CT molecular complexity index is 1090. The molecule has 0 radical (unpaired) electrons. The molecule has 34 heavy (non-hydrogen) atoms. The summed E-state index contributed by atoms with van der Waals surface area (Å²) < 4.78 is 7.55. The van der Waals surface area contributed by atoms with E-state index in [0.29, 0.717) is 23.7 Å². The Labute approximate surface area is 202 Å². The molecule has 0 aliphatic carbocycles. The van der Waals surface area contributed by atoms with Crippen molar-refractivity contribution in [2.45, 2.75) is 59.0 Å². The van der Waals surface area contributed by atoms with E-state index in [9.17, 15) is 5.11 Å². The van der Waals surface area contributed by atoms with Crippen molar-refractivity contribution in [1.29, 1.82) is 0 Å². The van der Waals surface area contributed by atoms with Crippen LogP contribution in [0.25, 0.3) is 17.1 Å². The predicted molar refractivity (Wildman–Crippen MR) is 136 cm³/mol. The number of methoxy groups -OCH3 is 1. The van der Waals surface area contributed by atoms with Crippen LogP contribution in [0.1, 0.15) is 62.9 Å². The molecule has 3 aromatic rings. The Morgan fingerprint density at radius 2 is 1.79 bits per heavy atom. The minimum Gasteiger partial charge on any atom is -0.507 e. The molecular weight excluding hydrogens is 426 g/mol. The van der Waals surface area contributed by atoms with Gasteiger partial charge in [0.2, 0.25) is 0 Å². The summed E-state index contributed by atoms with van der Waals surface area (Å²) in [5.41, 5.74) is 3.96. The van der Waals surface area contributed by atoms with Crippen molar-refractivity contribution < 1.29 is 9.84 Å². The molecule has 0 unspecified atom stereocenters. The number of rotatable bonds is 9. The number of aromatic nitrogens is 3. The smallest absolute Gasteiger partial charge is 0.172 e. The highest BCUT2D eigenvalue weighted by atomic mass is 16.5. The third-order valence-corrected chi connectivity index (χ3v) is 6.52. The van der Waals surface area contributed by atoms with E-state index in [1.54, 1.807) is 13.2 Å². The summed E-state index contributed by atoms with van der Waals surface area (Å²) in [7, 11) is 1.63. The van der Waals surface area contributed by atoms with E-state index in [-0.39, 0.29) is 11.7 Å². The number of ether oxygens (including phenoxy) is 1. The van der Waals surface area contributed by atoms with Gasteiger partial charge in [0.05, 0.1) is 19.2 Å². The van der Waals surface area contributed by atoms with Crippen LogP contribution < -0.4 is 10.1 Å². The largest absolute Gasteiger partial charge is 0.507 e. The standard InChI is InChI=1S/C27H37N5O2/c1-5-28-17-26-29-30-27(23-15-22(19(2)3)25(34-4)16-24(23)33)32(26)21-11-9-20(10-12-21)18-31-13-7-6-8-14-31/h9-12,15-16,19,28,33H,5-8,13-14,17-18H2,1-4H3. The topological polar surface area (TPSA) is 75.4 Å². The zero-order valence-electron chi connectivity index (χ0n) is 20.8. The van der Waals surface area contributed by atoms with Crippen molar-refractivity contribution >= 4 is 0 Å². The summed E-state index contributed by atoms with van der Waals surface area (Å²) in [5.74, 6) is 2.48. The van der Waals surface area contributed by atoms with E-state index >= 15 is 0 Å². The third kappa shape index (κ3) is 5.26. The number of aromatic hydroxyl groups is 1. The number of hydrogen-bond donors (Lipinski definition) is 2. The fraction of sp³-hybridized carbons (Fsp3) is 0.481. The Balaban J connectivity index is 1.72. The molecule has 1 fully saturated rings. The molecule has 7 heteroatoms. The van der Waals surface area contributed by atoms with Gasteiger partial charge in [-0.15, -0.1) is 10.2 Å². The lowest BCUT2D eigenvalue weighted by atomic mass is 9.98. The van der Waals surface area contributed by atoms with Crippen molar-refractivity contribution in [3.05, 3.63) is 53.3 Å². The quantitative estimate of drug-likeness (QED) is 0.472. The van der Waals surface area contributed by atoms with Gasteiger partial charge in [0.15, 0.2) is 11.6 Å². The van der Waals surface area contributed by atoms with E-state index in [4.69, 9.17) is 4.74 Å². The van der Waals surface area contributed by atoms with Crippen molar-refractivity contribution in [3.63, 3.8) is 0 Å². The summed E-state index contributed by atoms with van der Waals surface area (Å²) in [6, 6.07) is 12.3. The maximum atomic E-state index is 10.9. The zero-order valence-corrected chi connectivity index (χ0v) is 20.8. The predicted octanol–water partition coefficient (Wildman–Crippen LogP) is 4.87. The van der Waals surface area contributed by atoms with Gasteiger partial charge < -0.3 is 15.2 Å². The molecule has 1 saturated heterocycles. The van der Waals surface area contributed by atoms with Crippen molar-refractivity contribution in [2.24, 2.45) is 0 Å². The maximum Gasteiger partial charge on any atom is 0.172 e. The van der Waals surface area contributed by atoms with Gasteiger partial charge >= 0.3 is 0 Å². The van der Waals surface area contributed by atoms with E-state index in [0.717, 1.165) is 30.2 Å². The second-order valence-electron chi connectivity index (χ2n) is 9.32. The van der Waals surface area contributed by atoms with E-state index in [2.05, 4.69) is 65.5 Å². The lowest BCUT2D eigenvalue weighted by molar-refractivity contribution is 0.221. The molecule has 1 aliphatic heterocycles. The second kappa shape index (κ2) is 11.0. The summed E-state index contributed by atoms with van der Waals surface area (Å²) in [6.45, 7) is 11.1. The molecule has 0 saturated carbocycles. The van der Waals surface area contributed by atoms with E-state index in [1.807, 2.05) is 10.6 Å². The number of phenolic OH excluding ortho intramolecular Hbond substituents is 1. The normalized spacial score (nSPS) is 14.6. The lowest BCUT2D eigenvalue weighted by Gasteiger charge is -2.26. The van der Waals surface area contributed by atoms with Crippen LogP contribution in [0.3, 0.4) is 0 Å². The highest BCUT2D eigenvalue weighted by molar-refractivity contribution is 5.69. The van der Waals surface area contributed by atoms with Gasteiger partial charge in [0, 0.05) is 18.3 Å². The Kier molecular flexibility index (Phi) is 7.85. The average molecular weight is 464 g/mol. The molecule has 7 nitrogen and oxygen atoms in total. The van der Waals surface area contributed by atoms with Crippen LogP contribution in [-0.2, 0) is 13.1 Å². The zero-order chi connectivity index (χ0) is 24.1. The molecule has 1 aromatic heterocycles. The average Bonchev–Trinajstić information content (AvgIpc) is 3.27. The first-order chi connectivity index (χ1) is 16.5. The van der Waals surface area contributed by atoms with Crippen LogP contribution in [0.5, 0.6) is 11.5 Å². The van der Waals surface area contributed by atoms with E-state index < -0.39 is 0 Å². The van der Waals surface area contributed by atoms with Crippen molar-refractivity contribution in [1.82, 2.24) is 25.0 Å². The van der Waals surface area contributed by atoms with Crippen LogP contribution in [0.15, 0.2) is 36.4 Å².